The quantitative estimate of drug-likeness (QED) is 0.221. The molecule has 9 N–H and O–H groups in total. The first-order chi connectivity index (χ1) is 18.8. The summed E-state index contributed by atoms with van der Waals surface area (Å²) in [5, 5.41) is 58.8. The van der Waals surface area contributed by atoms with E-state index in [4.69, 9.17) is 11.1 Å². The molecule has 0 heterocycles. The number of phenolic OH excluding ortho intramolecular Hbond substituents is 1. The molecule has 5 rings (SSSR count). The number of carbonyl (C=O) groups excluding carboxylic acids is 3. The maximum absolute atomic E-state index is 15.3. The summed E-state index contributed by atoms with van der Waals surface area (Å²) in [4.78, 5) is 39.7. The van der Waals surface area contributed by atoms with E-state index in [1.807, 2.05) is 0 Å². The van der Waals surface area contributed by atoms with Gasteiger partial charge < -0.3 is 42.2 Å². The number of nitrogens with one attached hydrogen (secondary N) is 3. The van der Waals surface area contributed by atoms with Gasteiger partial charge in [-0.05, 0) is 58.2 Å². The number of allylic oxidation sites excluding steroid dienone is 1. The molecule has 4 atom stereocenters. The number of ketones is 1. The predicted octanol–water partition coefficient (Wildman–Crippen LogP) is 0.648. The number of primary amides is 1. The fraction of sp³-hybridized carbons (Fsp3) is 0.481. The Morgan fingerprint density at radius 2 is 1.93 bits per heavy atom. The number of rotatable bonds is 7. The van der Waals surface area contributed by atoms with Crippen LogP contribution in [-0.2, 0) is 16.0 Å². The highest BCUT2D eigenvalue weighted by Gasteiger charge is 2.61. The van der Waals surface area contributed by atoms with Crippen molar-refractivity contribution in [2.45, 2.75) is 37.3 Å². The summed E-state index contributed by atoms with van der Waals surface area (Å²) in [5.41, 5.74) is 0.0195. The lowest BCUT2D eigenvalue weighted by atomic mass is 9.58. The number of aliphatic hydroxyl groups excluding tert-OH is 2. The number of benzene rings is 1. The zero-order valence-corrected chi connectivity index (χ0v) is 22.0. The summed E-state index contributed by atoms with van der Waals surface area (Å²) in [6.07, 6.45) is 1.95. The number of nitrogens with zero attached hydrogens (tertiary/aromatic N) is 1. The zero-order valence-electron chi connectivity index (χ0n) is 22.0. The second-order valence-electron chi connectivity index (χ2n) is 11.2. The Hall–Kier alpha value is -3.81. The molecule has 1 aromatic carbocycles. The number of Topliss-reactive ketones (excluding diaryl/α,β-unsaturated/α-hetero) is 1. The average molecular weight is 558 g/mol. The molecule has 0 radical (unpaired) electrons. The first kappa shape index (κ1) is 27.7. The van der Waals surface area contributed by atoms with Gasteiger partial charge in [-0.2, -0.15) is 0 Å². The van der Waals surface area contributed by atoms with Crippen LogP contribution in [0.2, 0.25) is 0 Å². The Labute approximate surface area is 228 Å². The molecule has 1 saturated carbocycles. The molecule has 13 heteroatoms. The fourth-order valence-corrected chi connectivity index (χ4v) is 6.33. The summed E-state index contributed by atoms with van der Waals surface area (Å²) < 4.78 is 15.3. The highest BCUT2D eigenvalue weighted by molar-refractivity contribution is 6.26. The Kier molecular flexibility index (Phi) is 6.71. The van der Waals surface area contributed by atoms with E-state index in [9.17, 15) is 34.8 Å². The van der Waals surface area contributed by atoms with Crippen LogP contribution in [0.15, 0.2) is 28.7 Å². The lowest BCUT2D eigenvalue weighted by Crippen LogP contribution is -2.63. The average Bonchev–Trinajstić information content (AvgIpc) is 3.68. The third-order valence-electron chi connectivity index (χ3n) is 8.42. The second kappa shape index (κ2) is 9.68. The van der Waals surface area contributed by atoms with Gasteiger partial charge in [-0.25, -0.2) is 4.39 Å². The van der Waals surface area contributed by atoms with Crippen molar-refractivity contribution < 1.29 is 39.2 Å². The van der Waals surface area contributed by atoms with Gasteiger partial charge in [-0.3, -0.25) is 19.3 Å². The molecule has 0 saturated heterocycles. The summed E-state index contributed by atoms with van der Waals surface area (Å²) in [7, 11) is 3.11. The van der Waals surface area contributed by atoms with Gasteiger partial charge in [0.05, 0.1) is 29.5 Å². The van der Waals surface area contributed by atoms with Crippen LogP contribution in [0.4, 0.5) is 10.1 Å². The number of aromatic hydroxyl groups is 1. The van der Waals surface area contributed by atoms with E-state index in [0.29, 0.717) is 12.5 Å². The van der Waals surface area contributed by atoms with Gasteiger partial charge >= 0.3 is 0 Å². The van der Waals surface area contributed by atoms with E-state index in [0.717, 1.165) is 18.9 Å². The van der Waals surface area contributed by atoms with Gasteiger partial charge in [0.15, 0.2) is 17.1 Å². The SMILES string of the molecule is CN(C)[C@@H]1C(O)=C(C(N)=O)C(=N)[C@@]2(O)C(O)=C3C(=O)c4c(O)c(NC(=O)CNCC5CC5)cc(F)c4C[C@H]3C[C@@H]12. The van der Waals surface area contributed by atoms with E-state index in [-0.39, 0.29) is 36.2 Å². The topological polar surface area (TPSA) is 209 Å². The molecule has 40 heavy (non-hydrogen) atoms. The molecular weight excluding hydrogens is 525 g/mol. The highest BCUT2D eigenvalue weighted by Crippen LogP contribution is 2.53. The Morgan fingerprint density at radius 1 is 1.25 bits per heavy atom. The molecular formula is C27H32FN5O7. The van der Waals surface area contributed by atoms with Gasteiger partial charge in [-0.15, -0.1) is 0 Å². The number of carbonyl (C=O) groups is 3. The standard InChI is InChI=1S/C27H32FN5O7/c1-33(2)20-13-6-11-5-12-14(28)7-15(32-16(34)9-31-8-10-3-4-10)21(35)18(12)22(36)17(11)25(38)27(13,40)24(29)19(23(20)37)26(30)39/h7,10-11,13,20,29,31,35,37-38,40H,3-6,8-9H2,1-2H3,(H2,30,39)(H,32,34)/t11-,13-,20-,27+/m0/s1. The van der Waals surface area contributed by atoms with E-state index >= 15 is 4.39 Å². The van der Waals surface area contributed by atoms with E-state index in [1.54, 1.807) is 14.1 Å². The number of fused-ring (bicyclic) bond motifs is 3. The van der Waals surface area contributed by atoms with Gasteiger partial charge in [0.25, 0.3) is 5.91 Å². The number of halogens is 1. The van der Waals surface area contributed by atoms with E-state index in [1.165, 1.54) is 4.90 Å². The van der Waals surface area contributed by atoms with E-state index < -0.39 is 81.0 Å². The molecule has 0 spiro atoms. The smallest absolute Gasteiger partial charge is 0.254 e. The Morgan fingerprint density at radius 3 is 2.52 bits per heavy atom. The van der Waals surface area contributed by atoms with Crippen LogP contribution in [0, 0.1) is 29.0 Å². The van der Waals surface area contributed by atoms with Gasteiger partial charge in [0.2, 0.25) is 5.91 Å². The molecule has 0 bridgehead atoms. The summed E-state index contributed by atoms with van der Waals surface area (Å²) in [6.45, 7) is 0.575. The number of nitrogens with two attached hydrogens (primary N) is 1. The minimum absolute atomic E-state index is 0.0756. The summed E-state index contributed by atoms with van der Waals surface area (Å²) >= 11 is 0. The third-order valence-corrected chi connectivity index (χ3v) is 8.42. The van der Waals surface area contributed by atoms with Crippen molar-refractivity contribution in [3.05, 3.63) is 45.7 Å². The molecule has 4 aliphatic carbocycles. The van der Waals surface area contributed by atoms with Crippen LogP contribution in [0.3, 0.4) is 0 Å². The predicted molar refractivity (Wildman–Crippen MR) is 141 cm³/mol. The lowest BCUT2D eigenvalue weighted by Gasteiger charge is -2.51. The van der Waals surface area contributed by atoms with Crippen LogP contribution in [0.1, 0.15) is 35.2 Å². The van der Waals surface area contributed by atoms with Gasteiger partial charge in [0, 0.05) is 23.1 Å². The number of likely N-dealkylation sites (N-methyl/N-ethyl adjacent to an activating group) is 1. The highest BCUT2D eigenvalue weighted by atomic mass is 19.1. The van der Waals surface area contributed by atoms with Crippen LogP contribution in [0.5, 0.6) is 5.75 Å². The van der Waals surface area contributed by atoms with Gasteiger partial charge in [-0.1, -0.05) is 0 Å². The van der Waals surface area contributed by atoms with Crippen LogP contribution in [-0.4, -0.2) is 87.5 Å². The number of hydrogen-bond donors (Lipinski definition) is 8. The number of anilines is 1. The maximum atomic E-state index is 15.3. The van der Waals surface area contributed by atoms with Crippen molar-refractivity contribution in [3.8, 4) is 5.75 Å². The van der Waals surface area contributed by atoms with Gasteiger partial charge in [0.1, 0.15) is 22.9 Å². The molecule has 1 fully saturated rings. The first-order valence-corrected chi connectivity index (χ1v) is 13.0. The number of aliphatic hydroxyl groups is 3. The van der Waals surface area contributed by atoms with Crippen molar-refractivity contribution in [1.29, 1.82) is 5.41 Å². The minimum atomic E-state index is -2.57. The monoisotopic (exact) mass is 557 g/mol. The van der Waals surface area contributed by atoms with Crippen molar-refractivity contribution in [2.75, 3.05) is 32.5 Å². The van der Waals surface area contributed by atoms with Crippen molar-refractivity contribution in [3.63, 3.8) is 0 Å². The fourth-order valence-electron chi connectivity index (χ4n) is 6.33. The number of hydrogen-bond acceptors (Lipinski definition) is 10. The van der Waals surface area contributed by atoms with Crippen LogP contribution >= 0.6 is 0 Å². The molecule has 12 nitrogen and oxygen atoms in total. The number of amides is 2. The molecule has 1 aromatic rings. The Bertz CT molecular complexity index is 1420. The van der Waals surface area contributed by atoms with Crippen molar-refractivity contribution in [1.82, 2.24) is 10.2 Å². The van der Waals surface area contributed by atoms with Crippen molar-refractivity contribution in [2.24, 2.45) is 23.5 Å². The molecule has 4 aliphatic rings. The number of phenols is 1. The lowest BCUT2D eigenvalue weighted by molar-refractivity contribution is -0.116. The molecule has 2 amide bonds. The molecule has 0 unspecified atom stereocenters. The summed E-state index contributed by atoms with van der Waals surface area (Å²) in [5.74, 6) is -7.16. The molecule has 0 aromatic heterocycles. The molecule has 214 valence electrons. The summed E-state index contributed by atoms with van der Waals surface area (Å²) in [6, 6.07) is -0.133. The van der Waals surface area contributed by atoms with Crippen molar-refractivity contribution >= 4 is 29.0 Å². The second-order valence-corrected chi connectivity index (χ2v) is 11.2. The Balaban J connectivity index is 1.55. The molecule has 0 aliphatic heterocycles. The van der Waals surface area contributed by atoms with Crippen LogP contribution < -0.4 is 16.4 Å². The first-order valence-electron chi connectivity index (χ1n) is 13.0. The van der Waals surface area contributed by atoms with E-state index in [2.05, 4.69) is 10.6 Å². The third kappa shape index (κ3) is 4.16. The zero-order chi connectivity index (χ0) is 29.3. The largest absolute Gasteiger partial charge is 0.510 e. The van der Waals surface area contributed by atoms with Crippen LogP contribution in [0.25, 0.3) is 0 Å². The maximum Gasteiger partial charge on any atom is 0.254 e. The minimum Gasteiger partial charge on any atom is -0.510 e. The normalized spacial score (nSPS) is 27.9.